The van der Waals surface area contributed by atoms with E-state index in [1.807, 2.05) is 19.1 Å². The Morgan fingerprint density at radius 3 is 2.61 bits per heavy atom. The summed E-state index contributed by atoms with van der Waals surface area (Å²) in [7, 11) is 2.17. The molecule has 0 bridgehead atoms. The minimum absolute atomic E-state index is 1.00. The summed E-state index contributed by atoms with van der Waals surface area (Å²) in [5.74, 6) is 0. The second-order valence-electron chi connectivity index (χ2n) is 4.78. The molecule has 3 nitrogen and oxygen atoms in total. The first-order valence-corrected chi connectivity index (χ1v) is 6.40. The molecule has 0 N–H and O–H groups in total. The number of aryl methyl sites for hydroxylation is 1. The van der Waals surface area contributed by atoms with Crippen molar-refractivity contribution in [3.63, 3.8) is 0 Å². The topological polar surface area (TPSA) is 19.4 Å². The average Bonchev–Trinajstić information content (AvgIpc) is 2.36. The Kier molecular flexibility index (Phi) is 4.15. The Morgan fingerprint density at radius 1 is 1.22 bits per heavy atom. The van der Waals surface area contributed by atoms with Crippen LogP contribution in [0.1, 0.15) is 11.4 Å². The van der Waals surface area contributed by atoms with Crippen molar-refractivity contribution < 1.29 is 0 Å². The van der Waals surface area contributed by atoms with Crippen LogP contribution >= 0.6 is 0 Å². The number of hydrogen-bond donors (Lipinski definition) is 0. The lowest BCUT2D eigenvalue weighted by Gasteiger charge is -2.34. The van der Waals surface area contributed by atoms with Gasteiger partial charge in [-0.1, -0.05) is 18.7 Å². The summed E-state index contributed by atoms with van der Waals surface area (Å²) in [6.45, 7) is 10.2. The minimum Gasteiger partial charge on any atom is -0.369 e. The summed E-state index contributed by atoms with van der Waals surface area (Å²) in [6, 6.07) is 4.31. The summed E-state index contributed by atoms with van der Waals surface area (Å²) in [6.07, 6.45) is 5.70. The van der Waals surface area contributed by atoms with Gasteiger partial charge in [0, 0.05) is 37.6 Å². The molecule has 1 aromatic rings. The quantitative estimate of drug-likeness (QED) is 0.760. The van der Waals surface area contributed by atoms with E-state index >= 15 is 0 Å². The predicted octanol–water partition coefficient (Wildman–Crippen LogP) is 2.34. The van der Waals surface area contributed by atoms with Crippen molar-refractivity contribution in [3.8, 4) is 0 Å². The first-order chi connectivity index (χ1) is 8.69. The Hall–Kier alpha value is -1.61. The van der Waals surface area contributed by atoms with Crippen molar-refractivity contribution in [1.29, 1.82) is 0 Å². The highest BCUT2D eigenvalue weighted by molar-refractivity contribution is 5.57. The van der Waals surface area contributed by atoms with Crippen LogP contribution in [-0.2, 0) is 0 Å². The SMILES string of the molecule is C=C/C=C/c1cc(N2CCN(C)CC2)cc(C)n1. The Balaban J connectivity index is 2.19. The molecule has 1 fully saturated rings. The van der Waals surface area contributed by atoms with Crippen molar-refractivity contribution in [2.45, 2.75) is 6.92 Å². The first-order valence-electron chi connectivity index (χ1n) is 6.40. The fourth-order valence-electron chi connectivity index (χ4n) is 2.17. The molecule has 2 rings (SSSR count). The number of aromatic nitrogens is 1. The van der Waals surface area contributed by atoms with Gasteiger partial charge in [0.2, 0.25) is 0 Å². The molecule has 1 saturated heterocycles. The number of anilines is 1. The molecule has 18 heavy (non-hydrogen) atoms. The molecule has 0 saturated carbocycles. The first kappa shape index (κ1) is 12.8. The highest BCUT2D eigenvalue weighted by Crippen LogP contribution is 2.19. The fourth-order valence-corrected chi connectivity index (χ4v) is 2.17. The van der Waals surface area contributed by atoms with Crippen LogP contribution < -0.4 is 4.90 Å². The van der Waals surface area contributed by atoms with Crippen molar-refractivity contribution in [3.05, 3.63) is 42.3 Å². The molecule has 0 spiro atoms. The van der Waals surface area contributed by atoms with Gasteiger partial charge < -0.3 is 9.80 Å². The molecule has 1 aromatic heterocycles. The van der Waals surface area contributed by atoms with Gasteiger partial charge in [-0.25, -0.2) is 0 Å². The lowest BCUT2D eigenvalue weighted by atomic mass is 10.2. The monoisotopic (exact) mass is 243 g/mol. The number of pyridine rings is 1. The zero-order valence-electron chi connectivity index (χ0n) is 11.3. The number of hydrogen-bond acceptors (Lipinski definition) is 3. The normalized spacial score (nSPS) is 17.3. The highest BCUT2D eigenvalue weighted by atomic mass is 15.2. The molecule has 0 aliphatic carbocycles. The number of rotatable bonds is 3. The molecule has 0 amide bonds. The molecule has 1 aliphatic rings. The standard InChI is InChI=1S/C15H21N3/c1-4-5-6-14-12-15(11-13(2)16-14)18-9-7-17(3)8-10-18/h4-6,11-12H,1,7-10H2,2-3H3/b6-5+. The second kappa shape index (κ2) is 5.83. The largest absolute Gasteiger partial charge is 0.369 e. The lowest BCUT2D eigenvalue weighted by Crippen LogP contribution is -2.44. The summed E-state index contributed by atoms with van der Waals surface area (Å²) >= 11 is 0. The molecule has 3 heteroatoms. The number of allylic oxidation sites excluding steroid dienone is 2. The van der Waals surface area contributed by atoms with Crippen molar-refractivity contribution in [2.24, 2.45) is 0 Å². The van der Waals surface area contributed by atoms with E-state index in [2.05, 4.69) is 40.5 Å². The van der Waals surface area contributed by atoms with Gasteiger partial charge in [0.25, 0.3) is 0 Å². The Morgan fingerprint density at radius 2 is 1.94 bits per heavy atom. The smallest absolute Gasteiger partial charge is 0.0653 e. The summed E-state index contributed by atoms with van der Waals surface area (Å²) in [5, 5.41) is 0. The van der Waals surface area contributed by atoms with Crippen LogP contribution in [0, 0.1) is 6.92 Å². The van der Waals surface area contributed by atoms with E-state index in [1.165, 1.54) is 5.69 Å². The van der Waals surface area contributed by atoms with E-state index in [9.17, 15) is 0 Å². The Bertz CT molecular complexity index is 443. The Labute approximate surface area is 109 Å². The third kappa shape index (κ3) is 3.20. The molecule has 0 atom stereocenters. The van der Waals surface area contributed by atoms with Gasteiger partial charge in [0.15, 0.2) is 0 Å². The molecule has 0 unspecified atom stereocenters. The zero-order valence-corrected chi connectivity index (χ0v) is 11.3. The van der Waals surface area contributed by atoms with Crippen LogP contribution in [0.25, 0.3) is 6.08 Å². The molecular weight excluding hydrogens is 222 g/mol. The van der Waals surface area contributed by atoms with E-state index in [-0.39, 0.29) is 0 Å². The lowest BCUT2D eigenvalue weighted by molar-refractivity contribution is 0.313. The number of piperazine rings is 1. The van der Waals surface area contributed by atoms with Gasteiger partial charge >= 0.3 is 0 Å². The van der Waals surface area contributed by atoms with Crippen LogP contribution in [0.2, 0.25) is 0 Å². The maximum Gasteiger partial charge on any atom is 0.0653 e. The molecule has 0 aromatic carbocycles. The van der Waals surface area contributed by atoms with Crippen molar-refractivity contribution in [2.75, 3.05) is 38.1 Å². The van der Waals surface area contributed by atoms with E-state index < -0.39 is 0 Å². The van der Waals surface area contributed by atoms with E-state index in [0.29, 0.717) is 0 Å². The predicted molar refractivity (Wildman–Crippen MR) is 77.9 cm³/mol. The maximum absolute atomic E-state index is 4.51. The van der Waals surface area contributed by atoms with E-state index in [4.69, 9.17) is 0 Å². The van der Waals surface area contributed by atoms with Gasteiger partial charge in [0.1, 0.15) is 0 Å². The van der Waals surface area contributed by atoms with E-state index in [1.54, 1.807) is 6.08 Å². The van der Waals surface area contributed by atoms with Gasteiger partial charge in [-0.2, -0.15) is 0 Å². The maximum atomic E-state index is 4.51. The summed E-state index contributed by atoms with van der Waals surface area (Å²) in [4.78, 5) is 9.30. The van der Waals surface area contributed by atoms with Gasteiger partial charge in [0.05, 0.1) is 5.69 Å². The number of nitrogens with zero attached hydrogens (tertiary/aromatic N) is 3. The molecular formula is C15H21N3. The fraction of sp³-hybridized carbons (Fsp3) is 0.400. The second-order valence-corrected chi connectivity index (χ2v) is 4.78. The van der Waals surface area contributed by atoms with E-state index in [0.717, 1.165) is 37.6 Å². The highest BCUT2D eigenvalue weighted by Gasteiger charge is 2.14. The van der Waals surface area contributed by atoms with Crippen LogP contribution in [0.4, 0.5) is 5.69 Å². The van der Waals surface area contributed by atoms with Gasteiger partial charge in [-0.05, 0) is 32.2 Å². The average molecular weight is 243 g/mol. The summed E-state index contributed by atoms with van der Waals surface area (Å²) in [5.41, 5.74) is 3.35. The van der Waals surface area contributed by atoms with Gasteiger partial charge in [-0.15, -0.1) is 0 Å². The zero-order chi connectivity index (χ0) is 13.0. The molecule has 2 heterocycles. The third-order valence-electron chi connectivity index (χ3n) is 3.23. The van der Waals surface area contributed by atoms with Crippen LogP contribution in [0.3, 0.4) is 0 Å². The van der Waals surface area contributed by atoms with Crippen molar-refractivity contribution >= 4 is 11.8 Å². The van der Waals surface area contributed by atoms with Gasteiger partial charge in [-0.3, -0.25) is 4.98 Å². The third-order valence-corrected chi connectivity index (χ3v) is 3.23. The molecule has 1 aliphatic heterocycles. The molecule has 96 valence electrons. The number of likely N-dealkylation sites (N-methyl/N-ethyl adjacent to an activating group) is 1. The molecule has 0 radical (unpaired) electrons. The van der Waals surface area contributed by atoms with Crippen molar-refractivity contribution in [1.82, 2.24) is 9.88 Å². The van der Waals surface area contributed by atoms with Crippen LogP contribution in [0.15, 0.2) is 30.9 Å². The van der Waals surface area contributed by atoms with Crippen LogP contribution in [0.5, 0.6) is 0 Å². The van der Waals surface area contributed by atoms with Crippen LogP contribution in [-0.4, -0.2) is 43.1 Å². The minimum atomic E-state index is 1.00. The summed E-state index contributed by atoms with van der Waals surface area (Å²) < 4.78 is 0.